The van der Waals surface area contributed by atoms with E-state index < -0.39 is 0 Å². The number of methoxy groups -OCH3 is 1. The zero-order valence-electron chi connectivity index (χ0n) is 12.5. The Balaban J connectivity index is 1.68. The molecule has 0 fully saturated rings. The maximum atomic E-state index is 5.71. The van der Waals surface area contributed by atoms with Gasteiger partial charge in [-0.05, 0) is 19.1 Å². The van der Waals surface area contributed by atoms with E-state index in [4.69, 9.17) is 13.9 Å². The molecule has 0 aliphatic heterocycles. The van der Waals surface area contributed by atoms with E-state index in [9.17, 15) is 0 Å². The van der Waals surface area contributed by atoms with Crippen LogP contribution in [0.4, 0.5) is 0 Å². The van der Waals surface area contributed by atoms with Gasteiger partial charge in [-0.2, -0.15) is 5.10 Å². The number of aromatic nitrogens is 3. The van der Waals surface area contributed by atoms with Crippen molar-refractivity contribution in [2.24, 2.45) is 0 Å². The number of rotatable bonds is 6. The fourth-order valence-electron chi connectivity index (χ4n) is 2.02. The molecule has 6 nitrogen and oxygen atoms in total. The summed E-state index contributed by atoms with van der Waals surface area (Å²) >= 11 is 0. The van der Waals surface area contributed by atoms with Gasteiger partial charge < -0.3 is 13.9 Å². The highest BCUT2D eigenvalue weighted by atomic mass is 16.5. The molecule has 0 aliphatic carbocycles. The first-order valence-electron chi connectivity index (χ1n) is 7.03. The largest absolute Gasteiger partial charge is 0.497 e. The topological polar surface area (TPSA) is 62.3 Å². The molecule has 0 spiro atoms. The summed E-state index contributed by atoms with van der Waals surface area (Å²) in [5.41, 5.74) is 0.914. The Bertz CT molecular complexity index is 748. The van der Waals surface area contributed by atoms with E-state index in [1.165, 1.54) is 0 Å². The van der Waals surface area contributed by atoms with E-state index in [0.717, 1.165) is 17.9 Å². The van der Waals surface area contributed by atoms with Crippen LogP contribution >= 0.6 is 0 Å². The summed E-state index contributed by atoms with van der Waals surface area (Å²) in [6, 6.07) is 7.64. The Morgan fingerprint density at radius 1 is 1.23 bits per heavy atom. The first kappa shape index (κ1) is 14.2. The van der Waals surface area contributed by atoms with Crippen molar-refractivity contribution in [2.75, 3.05) is 7.11 Å². The van der Waals surface area contributed by atoms with Gasteiger partial charge in [0.2, 0.25) is 5.89 Å². The highest BCUT2D eigenvalue weighted by Gasteiger charge is 2.08. The molecule has 2 heterocycles. The SMILES string of the molecule is CCn1cc(OCc2ncc(-c3cccc(OC)c3)o2)cn1. The molecule has 3 aromatic rings. The Hall–Kier alpha value is -2.76. The number of nitrogens with zero attached hydrogens (tertiary/aromatic N) is 3. The van der Waals surface area contributed by atoms with Gasteiger partial charge in [-0.1, -0.05) is 12.1 Å². The molecule has 0 saturated heterocycles. The van der Waals surface area contributed by atoms with Gasteiger partial charge in [-0.15, -0.1) is 0 Å². The maximum Gasteiger partial charge on any atom is 0.232 e. The minimum Gasteiger partial charge on any atom is -0.497 e. The van der Waals surface area contributed by atoms with Crippen molar-refractivity contribution in [3.8, 4) is 22.8 Å². The average molecular weight is 299 g/mol. The predicted molar refractivity (Wildman–Crippen MR) is 80.7 cm³/mol. The van der Waals surface area contributed by atoms with Crippen molar-refractivity contribution in [3.63, 3.8) is 0 Å². The zero-order valence-corrected chi connectivity index (χ0v) is 12.5. The molecule has 0 atom stereocenters. The molecule has 0 N–H and O–H groups in total. The van der Waals surface area contributed by atoms with Gasteiger partial charge in [0.15, 0.2) is 18.1 Å². The van der Waals surface area contributed by atoms with Gasteiger partial charge in [0.1, 0.15) is 5.75 Å². The summed E-state index contributed by atoms with van der Waals surface area (Å²) in [7, 11) is 1.63. The third-order valence-electron chi connectivity index (χ3n) is 3.20. The fourth-order valence-corrected chi connectivity index (χ4v) is 2.02. The van der Waals surface area contributed by atoms with Gasteiger partial charge in [-0.25, -0.2) is 4.98 Å². The lowest BCUT2D eigenvalue weighted by molar-refractivity contribution is 0.264. The van der Waals surface area contributed by atoms with E-state index in [0.29, 0.717) is 17.4 Å². The van der Waals surface area contributed by atoms with Gasteiger partial charge in [0, 0.05) is 12.1 Å². The molecule has 2 aromatic heterocycles. The van der Waals surface area contributed by atoms with Crippen LogP contribution in [-0.4, -0.2) is 21.9 Å². The summed E-state index contributed by atoms with van der Waals surface area (Å²) in [5, 5.41) is 4.15. The lowest BCUT2D eigenvalue weighted by atomic mass is 10.2. The molecule has 6 heteroatoms. The first-order valence-corrected chi connectivity index (χ1v) is 7.03. The minimum atomic E-state index is 0.263. The molecule has 1 aromatic carbocycles. The van der Waals surface area contributed by atoms with E-state index in [2.05, 4.69) is 10.1 Å². The first-order chi connectivity index (χ1) is 10.8. The monoisotopic (exact) mass is 299 g/mol. The van der Waals surface area contributed by atoms with Crippen molar-refractivity contribution >= 4 is 0 Å². The van der Waals surface area contributed by atoms with Crippen molar-refractivity contribution in [1.29, 1.82) is 0 Å². The maximum absolute atomic E-state index is 5.71. The van der Waals surface area contributed by atoms with Crippen molar-refractivity contribution in [1.82, 2.24) is 14.8 Å². The summed E-state index contributed by atoms with van der Waals surface area (Å²) in [6.07, 6.45) is 5.20. The van der Waals surface area contributed by atoms with Crippen LogP contribution in [0.3, 0.4) is 0 Å². The molecule has 0 bridgehead atoms. The van der Waals surface area contributed by atoms with Crippen molar-refractivity contribution < 1.29 is 13.9 Å². The molecule has 0 saturated carbocycles. The Morgan fingerprint density at radius 3 is 2.91 bits per heavy atom. The van der Waals surface area contributed by atoms with Crippen LogP contribution in [0.1, 0.15) is 12.8 Å². The van der Waals surface area contributed by atoms with Crippen molar-refractivity contribution in [2.45, 2.75) is 20.1 Å². The van der Waals surface area contributed by atoms with Crippen LogP contribution in [0.25, 0.3) is 11.3 Å². The normalized spacial score (nSPS) is 10.6. The molecule has 0 radical (unpaired) electrons. The molecule has 114 valence electrons. The second kappa shape index (κ2) is 6.34. The molecule has 0 unspecified atom stereocenters. The highest BCUT2D eigenvalue weighted by Crippen LogP contribution is 2.24. The van der Waals surface area contributed by atoms with Gasteiger partial charge in [0.25, 0.3) is 0 Å². The molecular weight excluding hydrogens is 282 g/mol. The number of benzene rings is 1. The molecule has 3 rings (SSSR count). The number of hydrogen-bond acceptors (Lipinski definition) is 5. The Kier molecular flexibility index (Phi) is 4.09. The number of aryl methyl sites for hydroxylation is 1. The molecule has 22 heavy (non-hydrogen) atoms. The Morgan fingerprint density at radius 2 is 2.14 bits per heavy atom. The lowest BCUT2D eigenvalue weighted by Crippen LogP contribution is -1.95. The number of oxazole rings is 1. The average Bonchev–Trinajstić information content (AvgIpc) is 3.22. The summed E-state index contributed by atoms with van der Waals surface area (Å²) in [5.74, 6) is 2.67. The summed E-state index contributed by atoms with van der Waals surface area (Å²) < 4.78 is 18.3. The van der Waals surface area contributed by atoms with Crippen LogP contribution in [0.2, 0.25) is 0 Å². The van der Waals surface area contributed by atoms with E-state index in [-0.39, 0.29) is 6.61 Å². The van der Waals surface area contributed by atoms with Crippen LogP contribution < -0.4 is 9.47 Å². The smallest absolute Gasteiger partial charge is 0.232 e. The lowest BCUT2D eigenvalue weighted by Gasteiger charge is -2.01. The standard InChI is InChI=1S/C16H17N3O3/c1-3-19-10-14(8-18-19)21-11-16-17-9-15(22-16)12-5-4-6-13(7-12)20-2/h4-10H,3,11H2,1-2H3. The Labute approximate surface area is 128 Å². The second-order valence-corrected chi connectivity index (χ2v) is 4.67. The number of hydrogen-bond donors (Lipinski definition) is 0. The van der Waals surface area contributed by atoms with Gasteiger partial charge in [0.05, 0.1) is 25.7 Å². The third kappa shape index (κ3) is 3.11. The summed E-state index contributed by atoms with van der Waals surface area (Å²) in [4.78, 5) is 4.23. The molecular formula is C16H17N3O3. The van der Waals surface area contributed by atoms with E-state index in [1.807, 2.05) is 37.4 Å². The molecule has 0 amide bonds. The quantitative estimate of drug-likeness (QED) is 0.699. The van der Waals surface area contributed by atoms with Crippen LogP contribution in [0.5, 0.6) is 11.5 Å². The van der Waals surface area contributed by atoms with Gasteiger partial charge in [-0.3, -0.25) is 4.68 Å². The van der Waals surface area contributed by atoms with Crippen LogP contribution in [0, 0.1) is 0 Å². The third-order valence-corrected chi connectivity index (χ3v) is 3.20. The highest BCUT2D eigenvalue weighted by molar-refractivity contribution is 5.58. The summed E-state index contributed by atoms with van der Waals surface area (Å²) in [6.45, 7) is 3.09. The fraction of sp³-hybridized carbons (Fsp3) is 0.250. The zero-order chi connectivity index (χ0) is 15.4. The predicted octanol–water partition coefficient (Wildman–Crippen LogP) is 3.15. The van der Waals surface area contributed by atoms with E-state index in [1.54, 1.807) is 24.2 Å². The van der Waals surface area contributed by atoms with Gasteiger partial charge >= 0.3 is 0 Å². The number of ether oxygens (including phenoxy) is 2. The van der Waals surface area contributed by atoms with Crippen LogP contribution in [0.15, 0.2) is 47.3 Å². The molecule has 0 aliphatic rings. The van der Waals surface area contributed by atoms with Crippen LogP contribution in [-0.2, 0) is 13.2 Å². The second-order valence-electron chi connectivity index (χ2n) is 4.67. The van der Waals surface area contributed by atoms with Crippen molar-refractivity contribution in [3.05, 3.63) is 48.7 Å². The minimum absolute atomic E-state index is 0.263. The van der Waals surface area contributed by atoms with E-state index >= 15 is 0 Å².